The molecular weight excluding hydrogens is 368 g/mol. The number of para-hydroxylation sites is 2. The molecule has 28 heavy (non-hydrogen) atoms. The fourth-order valence-electron chi connectivity index (χ4n) is 3.12. The van der Waals surface area contributed by atoms with Crippen LogP contribution < -0.4 is 5.32 Å². The van der Waals surface area contributed by atoms with E-state index in [4.69, 9.17) is 4.98 Å². The van der Waals surface area contributed by atoms with Crippen molar-refractivity contribution in [2.45, 2.75) is 18.1 Å². The molecule has 0 fully saturated rings. The highest BCUT2D eigenvalue weighted by molar-refractivity contribution is 7.98. The normalized spacial score (nSPS) is 10.7. The molecule has 0 saturated carbocycles. The summed E-state index contributed by atoms with van der Waals surface area (Å²) >= 11 is 1.43. The number of nitriles is 1. The summed E-state index contributed by atoms with van der Waals surface area (Å²) in [6.07, 6.45) is 3.37. The Morgan fingerprint density at radius 3 is 2.64 bits per heavy atom. The van der Waals surface area contributed by atoms with Crippen LogP contribution in [0.2, 0.25) is 0 Å². The molecule has 0 radical (unpaired) electrons. The number of nitrogens with zero attached hydrogens (tertiary/aromatic N) is 5. The van der Waals surface area contributed by atoms with Gasteiger partial charge < -0.3 is 9.88 Å². The molecule has 6 nitrogen and oxygen atoms in total. The summed E-state index contributed by atoms with van der Waals surface area (Å²) in [5.74, 6) is 1.42. The second-order valence-corrected chi connectivity index (χ2v) is 6.96. The first kappa shape index (κ1) is 18.0. The van der Waals surface area contributed by atoms with Crippen LogP contribution in [0.5, 0.6) is 0 Å². The third-order valence-corrected chi connectivity index (χ3v) is 5.14. The molecule has 0 amide bonds. The lowest BCUT2D eigenvalue weighted by molar-refractivity contribution is 0.755. The lowest BCUT2D eigenvalue weighted by Gasteiger charge is -2.12. The van der Waals surface area contributed by atoms with Gasteiger partial charge in [-0.25, -0.2) is 15.0 Å². The number of hydrogen-bond acceptors (Lipinski definition) is 6. The molecule has 138 valence electrons. The summed E-state index contributed by atoms with van der Waals surface area (Å²) in [6.45, 7) is 1.18. The van der Waals surface area contributed by atoms with Crippen molar-refractivity contribution in [1.82, 2.24) is 19.5 Å². The Labute approximate surface area is 167 Å². The molecule has 0 saturated heterocycles. The molecule has 4 rings (SSSR count). The number of thioether (sulfide) groups is 1. The number of nitrogens with one attached hydrogen (secondary N) is 1. The Morgan fingerprint density at radius 2 is 1.86 bits per heavy atom. The van der Waals surface area contributed by atoms with Crippen molar-refractivity contribution >= 4 is 28.6 Å². The summed E-state index contributed by atoms with van der Waals surface area (Å²) in [5, 5.41) is 13.4. The number of imidazole rings is 1. The number of benzene rings is 2. The van der Waals surface area contributed by atoms with Gasteiger partial charge in [-0.15, -0.1) is 11.8 Å². The van der Waals surface area contributed by atoms with Crippen LogP contribution in [-0.2, 0) is 13.1 Å². The van der Waals surface area contributed by atoms with E-state index in [1.54, 1.807) is 0 Å². The molecule has 2 heterocycles. The van der Waals surface area contributed by atoms with Gasteiger partial charge in [-0.05, 0) is 24.0 Å². The van der Waals surface area contributed by atoms with Crippen LogP contribution in [0.1, 0.15) is 17.0 Å². The maximum Gasteiger partial charge on any atom is 0.148 e. The zero-order valence-corrected chi connectivity index (χ0v) is 16.1. The zero-order chi connectivity index (χ0) is 19.3. The predicted molar refractivity (Wildman–Crippen MR) is 111 cm³/mol. The highest BCUT2D eigenvalue weighted by Crippen LogP contribution is 2.23. The van der Waals surface area contributed by atoms with Crippen molar-refractivity contribution < 1.29 is 0 Å². The SMILES string of the molecule is CSc1ncnc(NCc2nc3ccccc3n2Cc2ccccc2)c1C#N. The Hall–Kier alpha value is -3.37. The van der Waals surface area contributed by atoms with E-state index in [9.17, 15) is 5.26 Å². The van der Waals surface area contributed by atoms with Crippen LogP contribution in [0.4, 0.5) is 5.82 Å². The summed E-state index contributed by atoms with van der Waals surface area (Å²) in [6, 6.07) is 20.6. The summed E-state index contributed by atoms with van der Waals surface area (Å²) in [7, 11) is 0. The van der Waals surface area contributed by atoms with Crippen LogP contribution in [0, 0.1) is 11.3 Å². The van der Waals surface area contributed by atoms with Crippen LogP contribution in [0.3, 0.4) is 0 Å². The van der Waals surface area contributed by atoms with Gasteiger partial charge in [-0.1, -0.05) is 42.5 Å². The topological polar surface area (TPSA) is 79.4 Å². The fraction of sp³-hybridized carbons (Fsp3) is 0.143. The van der Waals surface area contributed by atoms with Gasteiger partial charge in [0.25, 0.3) is 0 Å². The number of hydrogen-bond donors (Lipinski definition) is 1. The standard InChI is InChI=1S/C21H18N6S/c1-28-21-16(11-22)20(24-14-25-21)23-12-19-26-17-9-5-6-10-18(17)27(19)13-15-7-3-2-4-8-15/h2-10,14H,12-13H2,1H3,(H,23,24,25). The lowest BCUT2D eigenvalue weighted by atomic mass is 10.2. The Balaban J connectivity index is 1.68. The Morgan fingerprint density at radius 1 is 1.07 bits per heavy atom. The molecule has 0 atom stereocenters. The number of anilines is 1. The van der Waals surface area contributed by atoms with Crippen LogP contribution >= 0.6 is 11.8 Å². The van der Waals surface area contributed by atoms with Crippen molar-refractivity contribution in [3.05, 3.63) is 77.9 Å². The van der Waals surface area contributed by atoms with Gasteiger partial charge >= 0.3 is 0 Å². The Bertz CT molecular complexity index is 1150. The molecule has 0 aliphatic heterocycles. The Kier molecular flexibility index (Phi) is 5.22. The zero-order valence-electron chi connectivity index (χ0n) is 15.3. The largest absolute Gasteiger partial charge is 0.362 e. The van der Waals surface area contributed by atoms with Gasteiger partial charge in [-0.2, -0.15) is 5.26 Å². The monoisotopic (exact) mass is 386 g/mol. The van der Waals surface area contributed by atoms with Gasteiger partial charge in [0.15, 0.2) is 0 Å². The number of fused-ring (bicyclic) bond motifs is 1. The summed E-state index contributed by atoms with van der Waals surface area (Å²) < 4.78 is 2.19. The van der Waals surface area contributed by atoms with E-state index in [0.29, 0.717) is 23.0 Å². The van der Waals surface area contributed by atoms with Crippen LogP contribution in [-0.4, -0.2) is 25.8 Å². The van der Waals surface area contributed by atoms with E-state index in [0.717, 1.165) is 23.4 Å². The van der Waals surface area contributed by atoms with Crippen molar-refractivity contribution in [1.29, 1.82) is 5.26 Å². The minimum absolute atomic E-state index is 0.459. The molecule has 1 N–H and O–H groups in total. The first-order chi connectivity index (χ1) is 13.8. The van der Waals surface area contributed by atoms with Crippen molar-refractivity contribution in [2.24, 2.45) is 0 Å². The molecule has 2 aromatic carbocycles. The van der Waals surface area contributed by atoms with Gasteiger partial charge in [0.1, 0.15) is 34.6 Å². The first-order valence-corrected chi connectivity index (χ1v) is 10.0. The molecular formula is C21H18N6S. The van der Waals surface area contributed by atoms with E-state index in [1.165, 1.54) is 23.7 Å². The van der Waals surface area contributed by atoms with E-state index in [2.05, 4.69) is 44.1 Å². The van der Waals surface area contributed by atoms with E-state index < -0.39 is 0 Å². The maximum atomic E-state index is 9.49. The molecule has 0 aliphatic carbocycles. The molecule has 0 bridgehead atoms. The van der Waals surface area contributed by atoms with Gasteiger partial charge in [0.05, 0.1) is 17.6 Å². The van der Waals surface area contributed by atoms with Crippen LogP contribution in [0.25, 0.3) is 11.0 Å². The highest BCUT2D eigenvalue weighted by Gasteiger charge is 2.14. The quantitative estimate of drug-likeness (QED) is 0.397. The second-order valence-electron chi connectivity index (χ2n) is 6.16. The van der Waals surface area contributed by atoms with Gasteiger partial charge in [0, 0.05) is 6.54 Å². The number of aromatic nitrogens is 4. The maximum absolute atomic E-state index is 9.49. The minimum atomic E-state index is 0.459. The van der Waals surface area contributed by atoms with E-state index in [1.807, 2.05) is 42.7 Å². The summed E-state index contributed by atoms with van der Waals surface area (Å²) in [4.78, 5) is 13.2. The first-order valence-electron chi connectivity index (χ1n) is 8.81. The molecule has 0 unspecified atom stereocenters. The van der Waals surface area contributed by atoms with Crippen molar-refractivity contribution in [3.63, 3.8) is 0 Å². The molecule has 4 aromatic rings. The summed E-state index contributed by atoms with van der Waals surface area (Å²) in [5.41, 5.74) is 3.69. The average molecular weight is 386 g/mol. The number of rotatable bonds is 6. The third kappa shape index (κ3) is 3.55. The predicted octanol–water partition coefficient (Wildman–Crippen LogP) is 4.08. The van der Waals surface area contributed by atoms with E-state index >= 15 is 0 Å². The smallest absolute Gasteiger partial charge is 0.148 e. The molecule has 0 aliphatic rings. The minimum Gasteiger partial charge on any atom is -0.362 e. The van der Waals surface area contributed by atoms with Crippen molar-refractivity contribution in [3.8, 4) is 6.07 Å². The van der Waals surface area contributed by atoms with Gasteiger partial charge in [0.2, 0.25) is 0 Å². The fourth-order valence-corrected chi connectivity index (χ4v) is 3.62. The van der Waals surface area contributed by atoms with Gasteiger partial charge in [-0.3, -0.25) is 0 Å². The third-order valence-electron chi connectivity index (χ3n) is 4.45. The second kappa shape index (κ2) is 8.11. The molecule has 7 heteroatoms. The van der Waals surface area contributed by atoms with E-state index in [-0.39, 0.29) is 0 Å². The molecule has 2 aromatic heterocycles. The average Bonchev–Trinajstić information content (AvgIpc) is 3.10. The molecule has 0 spiro atoms. The highest BCUT2D eigenvalue weighted by atomic mass is 32.2. The van der Waals surface area contributed by atoms with Crippen LogP contribution in [0.15, 0.2) is 66.0 Å². The lowest BCUT2D eigenvalue weighted by Crippen LogP contribution is -2.11. The van der Waals surface area contributed by atoms with Crippen molar-refractivity contribution in [2.75, 3.05) is 11.6 Å².